The zero-order valence-electron chi connectivity index (χ0n) is 19.8. The summed E-state index contributed by atoms with van der Waals surface area (Å²) in [5, 5.41) is 2.93. The standard InChI is InChI=1S/C28H32N4O2/c1-28(2,30)17-26(33)31-24-16-15-21-7-3-6-10-25(21)32(27(24)34)18-19-11-13-20(14-12-19)22-8-4-5-9-23(22)29/h3-14,24H,15-18,29-30H2,1-2H3,(H,31,33)/t24-/m1/s1. The van der Waals surface area contributed by atoms with E-state index < -0.39 is 11.6 Å². The van der Waals surface area contributed by atoms with E-state index in [1.807, 2.05) is 72.8 Å². The fourth-order valence-electron chi connectivity index (χ4n) is 4.40. The van der Waals surface area contributed by atoms with Crippen LogP contribution in [-0.2, 0) is 22.6 Å². The van der Waals surface area contributed by atoms with Gasteiger partial charge in [0.2, 0.25) is 11.8 Å². The highest BCUT2D eigenvalue weighted by Gasteiger charge is 2.32. The van der Waals surface area contributed by atoms with Crippen LogP contribution in [0.2, 0.25) is 0 Å². The van der Waals surface area contributed by atoms with Crippen LogP contribution < -0.4 is 21.7 Å². The molecule has 0 saturated heterocycles. The van der Waals surface area contributed by atoms with E-state index in [0.717, 1.165) is 33.6 Å². The van der Waals surface area contributed by atoms with E-state index in [0.29, 0.717) is 19.4 Å². The fraction of sp³-hybridized carbons (Fsp3) is 0.286. The van der Waals surface area contributed by atoms with Gasteiger partial charge < -0.3 is 21.7 Å². The Kier molecular flexibility index (Phi) is 6.70. The van der Waals surface area contributed by atoms with E-state index in [2.05, 4.69) is 5.32 Å². The van der Waals surface area contributed by atoms with Gasteiger partial charge in [0.25, 0.3) is 0 Å². The number of para-hydroxylation sites is 2. The minimum atomic E-state index is -0.635. The number of rotatable bonds is 6. The van der Waals surface area contributed by atoms with Gasteiger partial charge in [-0.05, 0) is 55.5 Å². The summed E-state index contributed by atoms with van der Waals surface area (Å²) in [4.78, 5) is 27.9. The first kappa shape index (κ1) is 23.5. The third-order valence-corrected chi connectivity index (χ3v) is 6.07. The van der Waals surface area contributed by atoms with Crippen molar-refractivity contribution in [3.8, 4) is 11.1 Å². The molecule has 1 aliphatic rings. The average Bonchev–Trinajstić information content (AvgIpc) is 2.91. The number of benzene rings is 3. The zero-order chi connectivity index (χ0) is 24.3. The first-order valence-corrected chi connectivity index (χ1v) is 11.6. The number of carbonyl (C=O) groups is 2. The zero-order valence-corrected chi connectivity index (χ0v) is 19.8. The third kappa shape index (κ3) is 5.46. The summed E-state index contributed by atoms with van der Waals surface area (Å²) in [5.74, 6) is -0.314. The van der Waals surface area contributed by atoms with E-state index in [1.54, 1.807) is 18.7 Å². The maximum absolute atomic E-state index is 13.6. The van der Waals surface area contributed by atoms with Crippen molar-refractivity contribution in [3.63, 3.8) is 0 Å². The van der Waals surface area contributed by atoms with Crippen molar-refractivity contribution in [3.05, 3.63) is 83.9 Å². The minimum Gasteiger partial charge on any atom is -0.398 e. The molecule has 1 atom stereocenters. The van der Waals surface area contributed by atoms with Crippen molar-refractivity contribution in [2.45, 2.75) is 51.2 Å². The molecule has 2 amide bonds. The molecule has 6 heteroatoms. The molecule has 176 valence electrons. The van der Waals surface area contributed by atoms with Crippen molar-refractivity contribution >= 4 is 23.2 Å². The predicted octanol–water partition coefficient (Wildman–Crippen LogP) is 4.03. The topological polar surface area (TPSA) is 101 Å². The Hall–Kier alpha value is -3.64. The van der Waals surface area contributed by atoms with Crippen molar-refractivity contribution in [2.75, 3.05) is 10.6 Å². The van der Waals surface area contributed by atoms with Crippen LogP contribution >= 0.6 is 0 Å². The van der Waals surface area contributed by atoms with Gasteiger partial charge in [-0.3, -0.25) is 9.59 Å². The van der Waals surface area contributed by atoms with E-state index in [1.165, 1.54) is 0 Å². The van der Waals surface area contributed by atoms with Crippen LogP contribution in [0.15, 0.2) is 72.8 Å². The second kappa shape index (κ2) is 9.69. The molecule has 0 bridgehead atoms. The van der Waals surface area contributed by atoms with Gasteiger partial charge in [0.05, 0.1) is 6.54 Å². The van der Waals surface area contributed by atoms with Gasteiger partial charge in [-0.1, -0.05) is 60.7 Å². The lowest BCUT2D eigenvalue weighted by Crippen LogP contribution is -2.49. The third-order valence-electron chi connectivity index (χ3n) is 6.07. The largest absolute Gasteiger partial charge is 0.398 e. The SMILES string of the molecule is CC(C)(N)CC(=O)N[C@@H]1CCc2ccccc2N(Cc2ccc(-c3ccccc3N)cc2)C1=O. The summed E-state index contributed by atoms with van der Waals surface area (Å²) in [6.45, 7) is 4.02. The highest BCUT2D eigenvalue weighted by Crippen LogP contribution is 2.30. The predicted molar refractivity (Wildman–Crippen MR) is 137 cm³/mol. The normalized spacial score (nSPS) is 16.0. The minimum absolute atomic E-state index is 0.107. The first-order chi connectivity index (χ1) is 16.2. The summed E-state index contributed by atoms with van der Waals surface area (Å²) < 4.78 is 0. The number of hydrogen-bond donors (Lipinski definition) is 3. The highest BCUT2D eigenvalue weighted by atomic mass is 16.2. The maximum Gasteiger partial charge on any atom is 0.249 e. The second-order valence-corrected chi connectivity index (χ2v) is 9.66. The van der Waals surface area contributed by atoms with E-state index >= 15 is 0 Å². The number of fused-ring (bicyclic) bond motifs is 1. The average molecular weight is 457 g/mol. The van der Waals surface area contributed by atoms with Gasteiger partial charge in [-0.15, -0.1) is 0 Å². The Morgan fingerprint density at radius 3 is 2.41 bits per heavy atom. The molecule has 3 aromatic carbocycles. The highest BCUT2D eigenvalue weighted by molar-refractivity contribution is 6.00. The lowest BCUT2D eigenvalue weighted by atomic mass is 10.0. The molecule has 4 rings (SSSR count). The van der Waals surface area contributed by atoms with Gasteiger partial charge >= 0.3 is 0 Å². The van der Waals surface area contributed by atoms with Crippen molar-refractivity contribution in [1.29, 1.82) is 0 Å². The summed E-state index contributed by atoms with van der Waals surface area (Å²) in [6.07, 6.45) is 1.42. The summed E-state index contributed by atoms with van der Waals surface area (Å²) in [6, 6.07) is 23.2. The summed E-state index contributed by atoms with van der Waals surface area (Å²) in [7, 11) is 0. The Bertz CT molecular complexity index is 1180. The van der Waals surface area contributed by atoms with Crippen LogP contribution in [0.1, 0.15) is 37.8 Å². The van der Waals surface area contributed by atoms with Crippen LogP contribution in [0.3, 0.4) is 0 Å². The van der Waals surface area contributed by atoms with Crippen LogP contribution in [-0.4, -0.2) is 23.4 Å². The molecule has 1 aliphatic heterocycles. The number of aryl methyl sites for hydroxylation is 1. The Morgan fingerprint density at radius 1 is 1.03 bits per heavy atom. The summed E-state index contributed by atoms with van der Waals surface area (Å²) >= 11 is 0. The number of anilines is 2. The van der Waals surface area contributed by atoms with E-state index in [4.69, 9.17) is 11.5 Å². The molecule has 0 fully saturated rings. The molecule has 0 spiro atoms. The van der Waals surface area contributed by atoms with Crippen molar-refractivity contribution < 1.29 is 9.59 Å². The van der Waals surface area contributed by atoms with Gasteiger partial charge in [0, 0.05) is 28.9 Å². The van der Waals surface area contributed by atoms with E-state index in [9.17, 15) is 9.59 Å². The Morgan fingerprint density at radius 2 is 1.71 bits per heavy atom. The molecule has 3 aromatic rings. The quantitative estimate of drug-likeness (QED) is 0.488. The van der Waals surface area contributed by atoms with E-state index in [-0.39, 0.29) is 18.2 Å². The second-order valence-electron chi connectivity index (χ2n) is 9.66. The molecule has 0 unspecified atom stereocenters. The number of nitrogens with two attached hydrogens (primary N) is 2. The molecular formula is C28H32N4O2. The molecule has 0 saturated carbocycles. The molecule has 5 N–H and O–H groups in total. The number of nitrogen functional groups attached to an aromatic ring is 1. The van der Waals surface area contributed by atoms with Gasteiger partial charge in [0.1, 0.15) is 6.04 Å². The van der Waals surface area contributed by atoms with Crippen molar-refractivity contribution in [2.24, 2.45) is 5.73 Å². The molecule has 0 radical (unpaired) electrons. The maximum atomic E-state index is 13.6. The van der Waals surface area contributed by atoms with Crippen molar-refractivity contribution in [1.82, 2.24) is 5.32 Å². The van der Waals surface area contributed by atoms with Gasteiger partial charge in [-0.25, -0.2) is 0 Å². The fourth-order valence-corrected chi connectivity index (χ4v) is 4.40. The molecule has 6 nitrogen and oxygen atoms in total. The number of hydrogen-bond acceptors (Lipinski definition) is 4. The smallest absolute Gasteiger partial charge is 0.249 e. The van der Waals surface area contributed by atoms with Crippen LogP contribution in [0.4, 0.5) is 11.4 Å². The molecular weight excluding hydrogens is 424 g/mol. The van der Waals surface area contributed by atoms with Crippen LogP contribution in [0.5, 0.6) is 0 Å². The molecule has 0 aliphatic carbocycles. The number of carbonyl (C=O) groups excluding carboxylic acids is 2. The van der Waals surface area contributed by atoms with Gasteiger partial charge in [-0.2, -0.15) is 0 Å². The monoisotopic (exact) mass is 456 g/mol. The summed E-state index contributed by atoms with van der Waals surface area (Å²) in [5.41, 5.74) is 17.2. The Balaban J connectivity index is 1.58. The van der Waals surface area contributed by atoms with Crippen LogP contribution in [0, 0.1) is 0 Å². The lowest BCUT2D eigenvalue weighted by molar-refractivity contribution is -0.128. The van der Waals surface area contributed by atoms with Crippen LogP contribution in [0.25, 0.3) is 11.1 Å². The molecule has 0 aromatic heterocycles. The number of nitrogens with zero attached hydrogens (tertiary/aromatic N) is 1. The molecule has 34 heavy (non-hydrogen) atoms. The lowest BCUT2D eigenvalue weighted by Gasteiger charge is -2.27. The Labute approximate surface area is 201 Å². The number of amides is 2. The molecule has 1 heterocycles. The first-order valence-electron chi connectivity index (χ1n) is 11.6. The number of nitrogens with one attached hydrogen (secondary N) is 1. The van der Waals surface area contributed by atoms with Gasteiger partial charge in [0.15, 0.2) is 0 Å².